The number of carbonyl (C=O) groups excluding carboxylic acids is 1. The fraction of sp³-hybridized carbons (Fsp3) is 0.500. The number of thiophene rings is 1. The third-order valence-corrected chi connectivity index (χ3v) is 10.4. The summed E-state index contributed by atoms with van der Waals surface area (Å²) in [4.78, 5) is 24.4. The topological polar surface area (TPSA) is 125 Å². The van der Waals surface area contributed by atoms with Gasteiger partial charge in [0.25, 0.3) is 0 Å². The average Bonchev–Trinajstić information content (AvgIpc) is 3.65. The lowest BCUT2D eigenvalue weighted by Crippen LogP contribution is -2.45. The van der Waals surface area contributed by atoms with E-state index in [0.717, 1.165) is 73.1 Å². The number of nitrogens with one attached hydrogen (secondary N) is 2. The number of hydrogen-bond donors (Lipinski definition) is 3. The highest BCUT2D eigenvalue weighted by Gasteiger charge is 2.29. The van der Waals surface area contributed by atoms with Crippen molar-refractivity contribution in [2.45, 2.75) is 103 Å². The van der Waals surface area contributed by atoms with Gasteiger partial charge >= 0.3 is 6.18 Å². The minimum Gasteiger partial charge on any atom is -0.367 e. The lowest BCUT2D eigenvalue weighted by atomic mass is 10.0. The summed E-state index contributed by atoms with van der Waals surface area (Å²) in [6.07, 6.45) is 3.50. The Bertz CT molecular complexity index is 1800. The number of anilines is 1. The Morgan fingerprint density at radius 3 is 2.69 bits per heavy atom. The lowest BCUT2D eigenvalue weighted by molar-refractivity contribution is -0.126. The van der Waals surface area contributed by atoms with E-state index in [2.05, 4.69) is 64.1 Å². The Hall–Kier alpha value is -3.99. The maximum Gasteiger partial charge on any atom is 0.393 e. The van der Waals surface area contributed by atoms with E-state index >= 15 is 0 Å². The highest BCUT2D eigenvalue weighted by molar-refractivity contribution is 7.18. The van der Waals surface area contributed by atoms with Gasteiger partial charge < -0.3 is 20.9 Å². The summed E-state index contributed by atoms with van der Waals surface area (Å²) in [7, 11) is 0. The van der Waals surface area contributed by atoms with E-state index in [9.17, 15) is 23.2 Å². The first kappa shape index (κ1) is 36.3. The van der Waals surface area contributed by atoms with Gasteiger partial charge in [-0.1, -0.05) is 31.9 Å². The molecule has 0 radical (unpaired) electrons. The van der Waals surface area contributed by atoms with Gasteiger partial charge in [-0.2, -0.15) is 18.4 Å². The van der Waals surface area contributed by atoms with Gasteiger partial charge in [0.05, 0.1) is 17.8 Å². The number of halogens is 3. The Kier molecular flexibility index (Phi) is 12.0. The summed E-state index contributed by atoms with van der Waals surface area (Å²) in [6.45, 7) is 11.1. The normalized spacial score (nSPS) is 15.7. The van der Waals surface area contributed by atoms with Gasteiger partial charge in [0.15, 0.2) is 0 Å². The molecular formula is C36H45F3N8OS. The SMILES string of the molecule is C=CCC(CCn1c(C#N)cc2c(C)c(CN3CCC(Nc4ncnc5sc(CC(F)(F)F)cc45)CC3)ccc21)NC(=O)C(N)CCCC. The number of carbonyl (C=O) groups is 1. The van der Waals surface area contributed by atoms with Gasteiger partial charge in [0.2, 0.25) is 5.91 Å². The van der Waals surface area contributed by atoms with Gasteiger partial charge in [-0.25, -0.2) is 9.97 Å². The number of nitriles is 1. The number of unbranched alkanes of at least 4 members (excludes halogenated alkanes) is 1. The highest BCUT2D eigenvalue weighted by atomic mass is 32.1. The molecule has 1 aliphatic rings. The molecule has 0 saturated carbocycles. The first-order valence-electron chi connectivity index (χ1n) is 17.0. The largest absolute Gasteiger partial charge is 0.393 e. The number of piperidine rings is 1. The zero-order valence-corrected chi connectivity index (χ0v) is 29.0. The molecule has 2 atom stereocenters. The van der Waals surface area contributed by atoms with E-state index in [0.29, 0.717) is 47.5 Å². The van der Waals surface area contributed by atoms with Crippen molar-refractivity contribution in [2.75, 3.05) is 18.4 Å². The minimum atomic E-state index is -4.27. The van der Waals surface area contributed by atoms with E-state index in [4.69, 9.17) is 5.73 Å². The first-order valence-corrected chi connectivity index (χ1v) is 17.8. The van der Waals surface area contributed by atoms with E-state index < -0.39 is 18.6 Å². The summed E-state index contributed by atoms with van der Waals surface area (Å²) in [5, 5.41) is 18.2. The molecule has 0 aliphatic carbocycles. The second-order valence-electron chi connectivity index (χ2n) is 13.0. The predicted octanol–water partition coefficient (Wildman–Crippen LogP) is 6.98. The summed E-state index contributed by atoms with van der Waals surface area (Å²) < 4.78 is 40.9. The Labute approximate surface area is 289 Å². The van der Waals surface area contributed by atoms with Crippen LogP contribution in [0.3, 0.4) is 0 Å². The van der Waals surface area contributed by atoms with Gasteiger partial charge in [0, 0.05) is 54.0 Å². The fourth-order valence-electron chi connectivity index (χ4n) is 6.60. The maximum absolute atomic E-state index is 13.0. The van der Waals surface area contributed by atoms with Crippen LogP contribution >= 0.6 is 11.3 Å². The van der Waals surface area contributed by atoms with Crippen LogP contribution in [0.5, 0.6) is 0 Å². The molecule has 4 heterocycles. The lowest BCUT2D eigenvalue weighted by Gasteiger charge is -2.33. The van der Waals surface area contributed by atoms with Crippen molar-refractivity contribution >= 4 is 44.2 Å². The standard InChI is InChI=1S/C36H45F3N8OS/c1-4-6-8-31(41)34(48)45-25(7-5-2)13-16-47-27(20-40)17-29-23(3)24(9-10-32(29)47)21-46-14-11-26(12-15-46)44-33-30-18-28(19-36(37,38)39)49-35(30)43-22-42-33/h5,9-10,17-18,22,25-26,31H,2,4,6-8,11-16,19,21,41H2,1,3H3,(H,45,48)(H,42,43,44). The molecule has 9 nitrogen and oxygen atoms in total. The molecule has 3 aromatic heterocycles. The molecule has 4 aromatic rings. The van der Waals surface area contributed by atoms with E-state index in [-0.39, 0.29) is 22.9 Å². The number of rotatable bonds is 15. The number of nitrogens with two attached hydrogens (primary N) is 1. The number of aromatic nitrogens is 3. The number of aryl methyl sites for hydroxylation is 2. The number of benzene rings is 1. The molecule has 49 heavy (non-hydrogen) atoms. The second-order valence-corrected chi connectivity index (χ2v) is 14.1. The van der Waals surface area contributed by atoms with Crippen LogP contribution in [0.1, 0.15) is 73.6 Å². The maximum atomic E-state index is 13.0. The quantitative estimate of drug-likeness (QED) is 0.115. The molecule has 1 aliphatic heterocycles. The van der Waals surface area contributed by atoms with Crippen LogP contribution in [0, 0.1) is 18.3 Å². The number of nitrogens with zero attached hydrogens (tertiary/aromatic N) is 5. The van der Waals surface area contributed by atoms with Crippen LogP contribution < -0.4 is 16.4 Å². The molecular weight excluding hydrogens is 650 g/mol. The Balaban J connectivity index is 1.20. The van der Waals surface area contributed by atoms with Crippen molar-refractivity contribution < 1.29 is 18.0 Å². The van der Waals surface area contributed by atoms with Crippen molar-refractivity contribution in [3.63, 3.8) is 0 Å². The van der Waals surface area contributed by atoms with Crippen LogP contribution in [-0.4, -0.2) is 62.7 Å². The van der Waals surface area contributed by atoms with Crippen LogP contribution in [0.25, 0.3) is 21.1 Å². The average molecular weight is 695 g/mol. The monoisotopic (exact) mass is 694 g/mol. The Morgan fingerprint density at radius 1 is 1.22 bits per heavy atom. The molecule has 5 rings (SSSR count). The highest BCUT2D eigenvalue weighted by Crippen LogP contribution is 2.33. The number of likely N-dealkylation sites (tertiary alicyclic amines) is 1. The third kappa shape index (κ3) is 9.17. The van der Waals surface area contributed by atoms with Crippen LogP contribution in [0.4, 0.5) is 19.0 Å². The van der Waals surface area contributed by atoms with E-state index in [1.165, 1.54) is 11.9 Å². The third-order valence-electron chi connectivity index (χ3n) is 9.36. The van der Waals surface area contributed by atoms with Gasteiger partial charge in [0.1, 0.15) is 28.7 Å². The number of fused-ring (bicyclic) bond motifs is 2. The number of amides is 1. The van der Waals surface area contributed by atoms with Gasteiger partial charge in [-0.05, 0) is 68.4 Å². The summed E-state index contributed by atoms with van der Waals surface area (Å²) >= 11 is 1.06. The molecule has 262 valence electrons. The first-order chi connectivity index (χ1) is 23.5. The zero-order valence-electron chi connectivity index (χ0n) is 28.2. The second kappa shape index (κ2) is 16.1. The number of hydrogen-bond acceptors (Lipinski definition) is 8. The van der Waals surface area contributed by atoms with Crippen molar-refractivity contribution in [1.82, 2.24) is 24.8 Å². The van der Waals surface area contributed by atoms with Gasteiger partial charge in [-0.15, -0.1) is 17.9 Å². The minimum absolute atomic E-state index is 0.128. The summed E-state index contributed by atoms with van der Waals surface area (Å²) in [6, 6.07) is 9.59. The van der Waals surface area contributed by atoms with Crippen molar-refractivity contribution in [3.8, 4) is 6.07 Å². The molecule has 13 heteroatoms. The molecule has 1 fully saturated rings. The fourth-order valence-corrected chi connectivity index (χ4v) is 7.63. The van der Waals surface area contributed by atoms with Crippen molar-refractivity contribution in [1.29, 1.82) is 5.26 Å². The van der Waals surface area contributed by atoms with Crippen LogP contribution in [0.15, 0.2) is 43.2 Å². The molecule has 1 aromatic carbocycles. The van der Waals surface area contributed by atoms with Gasteiger partial charge in [-0.3, -0.25) is 9.69 Å². The summed E-state index contributed by atoms with van der Waals surface area (Å²) in [5.74, 6) is 0.437. The molecule has 2 unspecified atom stereocenters. The smallest absolute Gasteiger partial charge is 0.367 e. The molecule has 4 N–H and O–H groups in total. The van der Waals surface area contributed by atoms with Crippen LogP contribution in [-0.2, 0) is 24.3 Å². The number of alkyl halides is 3. The van der Waals surface area contributed by atoms with Crippen molar-refractivity contribution in [2.24, 2.45) is 5.73 Å². The van der Waals surface area contributed by atoms with E-state index in [1.54, 1.807) is 12.1 Å². The predicted molar refractivity (Wildman–Crippen MR) is 189 cm³/mol. The molecule has 0 spiro atoms. The van der Waals surface area contributed by atoms with E-state index in [1.807, 2.05) is 10.6 Å². The summed E-state index contributed by atoms with van der Waals surface area (Å²) in [5.41, 5.74) is 10.0. The molecule has 0 bridgehead atoms. The molecule has 1 saturated heterocycles. The van der Waals surface area contributed by atoms with Crippen molar-refractivity contribution in [3.05, 3.63) is 64.9 Å². The van der Waals surface area contributed by atoms with Crippen LogP contribution in [0.2, 0.25) is 0 Å². The Morgan fingerprint density at radius 2 is 2.00 bits per heavy atom. The molecule has 1 amide bonds. The zero-order chi connectivity index (χ0) is 35.1.